The SMILES string of the molecule is CC(C)(C)SCCCC(=O)N1CCc2ccc(O)cc2C1. The number of carbonyl (C=O) groups excluding carboxylic acids is 1. The molecule has 1 aliphatic rings. The maximum atomic E-state index is 12.3. The summed E-state index contributed by atoms with van der Waals surface area (Å²) in [6, 6.07) is 5.47. The number of phenolic OH excluding ortho intramolecular Hbond substituents is 1. The van der Waals surface area contributed by atoms with Crippen molar-refractivity contribution in [2.24, 2.45) is 0 Å². The zero-order chi connectivity index (χ0) is 15.5. The quantitative estimate of drug-likeness (QED) is 0.864. The van der Waals surface area contributed by atoms with E-state index in [1.54, 1.807) is 12.1 Å². The molecule has 0 saturated carbocycles. The van der Waals surface area contributed by atoms with Crippen molar-refractivity contribution in [3.8, 4) is 5.75 Å². The van der Waals surface area contributed by atoms with E-state index in [-0.39, 0.29) is 16.4 Å². The lowest BCUT2D eigenvalue weighted by molar-refractivity contribution is -0.132. The molecule has 0 bridgehead atoms. The molecule has 0 saturated heterocycles. The molecule has 1 aliphatic heterocycles. The van der Waals surface area contributed by atoms with E-state index in [1.807, 2.05) is 22.7 Å². The number of thioether (sulfide) groups is 1. The average Bonchev–Trinajstić information content (AvgIpc) is 2.41. The second-order valence-corrected chi connectivity index (χ2v) is 8.50. The number of carbonyl (C=O) groups is 1. The van der Waals surface area contributed by atoms with Gasteiger partial charge in [-0.1, -0.05) is 26.8 Å². The molecule has 1 N–H and O–H groups in total. The van der Waals surface area contributed by atoms with Crippen LogP contribution in [-0.4, -0.2) is 33.0 Å². The Morgan fingerprint density at radius 3 is 2.81 bits per heavy atom. The number of hydrogen-bond acceptors (Lipinski definition) is 3. The van der Waals surface area contributed by atoms with Gasteiger partial charge in [0.2, 0.25) is 5.91 Å². The summed E-state index contributed by atoms with van der Waals surface area (Å²) in [5, 5.41) is 9.56. The Bertz CT molecular complexity index is 508. The smallest absolute Gasteiger partial charge is 0.222 e. The Morgan fingerprint density at radius 2 is 2.10 bits per heavy atom. The van der Waals surface area contributed by atoms with Crippen molar-refractivity contribution in [1.82, 2.24) is 4.90 Å². The first-order chi connectivity index (χ1) is 9.85. The van der Waals surface area contributed by atoms with E-state index in [0.29, 0.717) is 13.0 Å². The van der Waals surface area contributed by atoms with Crippen LogP contribution in [0.1, 0.15) is 44.7 Å². The fourth-order valence-corrected chi connectivity index (χ4v) is 3.42. The predicted octanol–water partition coefficient (Wildman–Crippen LogP) is 3.59. The van der Waals surface area contributed by atoms with Crippen molar-refractivity contribution in [2.45, 2.75) is 51.3 Å². The molecule has 1 aromatic rings. The molecule has 0 spiro atoms. The maximum Gasteiger partial charge on any atom is 0.222 e. The summed E-state index contributed by atoms with van der Waals surface area (Å²) in [5.41, 5.74) is 2.33. The van der Waals surface area contributed by atoms with Gasteiger partial charge in [-0.2, -0.15) is 11.8 Å². The van der Waals surface area contributed by atoms with Gasteiger partial charge in [0, 0.05) is 24.3 Å². The van der Waals surface area contributed by atoms with Crippen molar-refractivity contribution >= 4 is 17.7 Å². The molecule has 0 unspecified atom stereocenters. The second kappa shape index (κ2) is 6.73. The zero-order valence-electron chi connectivity index (χ0n) is 13.2. The minimum atomic E-state index is 0.235. The third-order valence-electron chi connectivity index (χ3n) is 3.62. The highest BCUT2D eigenvalue weighted by atomic mass is 32.2. The fourth-order valence-electron chi connectivity index (χ4n) is 2.52. The molecule has 4 heteroatoms. The predicted molar refractivity (Wildman–Crippen MR) is 88.7 cm³/mol. The largest absolute Gasteiger partial charge is 0.508 e. The monoisotopic (exact) mass is 307 g/mol. The summed E-state index contributed by atoms with van der Waals surface area (Å²) >= 11 is 1.91. The Morgan fingerprint density at radius 1 is 1.33 bits per heavy atom. The lowest BCUT2D eigenvalue weighted by Gasteiger charge is -2.29. The third-order valence-corrected chi connectivity index (χ3v) is 4.98. The van der Waals surface area contributed by atoms with E-state index in [4.69, 9.17) is 0 Å². The molecule has 0 aliphatic carbocycles. The van der Waals surface area contributed by atoms with Gasteiger partial charge in [-0.15, -0.1) is 0 Å². The van der Waals surface area contributed by atoms with Crippen LogP contribution in [0.2, 0.25) is 0 Å². The van der Waals surface area contributed by atoms with Crippen LogP contribution in [0, 0.1) is 0 Å². The van der Waals surface area contributed by atoms with Crippen LogP contribution < -0.4 is 0 Å². The van der Waals surface area contributed by atoms with Crippen LogP contribution in [0.25, 0.3) is 0 Å². The molecule has 1 heterocycles. The van der Waals surface area contributed by atoms with Crippen LogP contribution in [0.5, 0.6) is 5.75 Å². The highest BCUT2D eigenvalue weighted by molar-refractivity contribution is 8.00. The Kier molecular flexibility index (Phi) is 5.20. The van der Waals surface area contributed by atoms with Crippen LogP contribution >= 0.6 is 11.8 Å². The number of phenols is 1. The summed E-state index contributed by atoms with van der Waals surface area (Å²) in [6.45, 7) is 8.03. The average molecular weight is 307 g/mol. The lowest BCUT2D eigenvalue weighted by atomic mass is 9.99. The van der Waals surface area contributed by atoms with E-state index in [2.05, 4.69) is 20.8 Å². The Balaban J connectivity index is 1.82. The first-order valence-electron chi connectivity index (χ1n) is 7.58. The molecular weight excluding hydrogens is 282 g/mol. The lowest BCUT2D eigenvalue weighted by Crippen LogP contribution is -2.35. The van der Waals surface area contributed by atoms with Crippen molar-refractivity contribution in [1.29, 1.82) is 0 Å². The summed E-state index contributed by atoms with van der Waals surface area (Å²) < 4.78 is 0.268. The van der Waals surface area contributed by atoms with Gasteiger partial charge in [0.05, 0.1) is 0 Å². The number of nitrogens with zero attached hydrogens (tertiary/aromatic N) is 1. The van der Waals surface area contributed by atoms with Crippen molar-refractivity contribution in [3.63, 3.8) is 0 Å². The summed E-state index contributed by atoms with van der Waals surface area (Å²) in [6.07, 6.45) is 2.44. The number of fused-ring (bicyclic) bond motifs is 1. The molecule has 116 valence electrons. The number of benzene rings is 1. The molecule has 1 amide bonds. The van der Waals surface area contributed by atoms with E-state index in [0.717, 1.165) is 30.7 Å². The molecule has 0 fully saturated rings. The number of amides is 1. The molecule has 0 radical (unpaired) electrons. The van der Waals surface area contributed by atoms with Gasteiger partial charge in [0.15, 0.2) is 0 Å². The Labute approximate surface area is 131 Å². The highest BCUT2D eigenvalue weighted by Crippen LogP contribution is 2.25. The molecular formula is C17H25NO2S. The standard InChI is InChI=1S/C17H25NO2S/c1-17(2,3)21-10-4-5-16(20)18-9-8-13-6-7-15(19)11-14(13)12-18/h6-7,11,19H,4-5,8-10,12H2,1-3H3. The van der Waals surface area contributed by atoms with Crippen molar-refractivity contribution in [3.05, 3.63) is 29.3 Å². The summed E-state index contributed by atoms with van der Waals surface area (Å²) in [7, 11) is 0. The molecule has 0 atom stereocenters. The number of aromatic hydroxyl groups is 1. The van der Waals surface area contributed by atoms with Crippen molar-refractivity contribution < 1.29 is 9.90 Å². The first-order valence-corrected chi connectivity index (χ1v) is 8.56. The zero-order valence-corrected chi connectivity index (χ0v) is 14.0. The van der Waals surface area contributed by atoms with E-state index in [1.165, 1.54) is 5.56 Å². The highest BCUT2D eigenvalue weighted by Gasteiger charge is 2.20. The summed E-state index contributed by atoms with van der Waals surface area (Å²) in [5.74, 6) is 1.55. The topological polar surface area (TPSA) is 40.5 Å². The van der Waals surface area contributed by atoms with Gasteiger partial charge in [-0.05, 0) is 41.9 Å². The third kappa shape index (κ3) is 4.95. The van der Waals surface area contributed by atoms with Crippen molar-refractivity contribution in [2.75, 3.05) is 12.3 Å². The van der Waals surface area contributed by atoms with E-state index in [9.17, 15) is 9.90 Å². The normalized spacial score (nSPS) is 14.9. The van der Waals surface area contributed by atoms with Crippen LogP contribution in [0.3, 0.4) is 0 Å². The van der Waals surface area contributed by atoms with Crippen LogP contribution in [0.15, 0.2) is 18.2 Å². The van der Waals surface area contributed by atoms with E-state index >= 15 is 0 Å². The fraction of sp³-hybridized carbons (Fsp3) is 0.588. The van der Waals surface area contributed by atoms with Gasteiger partial charge in [0.1, 0.15) is 5.75 Å². The minimum Gasteiger partial charge on any atom is -0.508 e. The Hall–Kier alpha value is -1.16. The molecule has 0 aromatic heterocycles. The van der Waals surface area contributed by atoms with Gasteiger partial charge in [0.25, 0.3) is 0 Å². The van der Waals surface area contributed by atoms with Gasteiger partial charge in [-0.25, -0.2) is 0 Å². The van der Waals surface area contributed by atoms with Gasteiger partial charge in [-0.3, -0.25) is 4.79 Å². The molecule has 21 heavy (non-hydrogen) atoms. The maximum absolute atomic E-state index is 12.3. The molecule has 2 rings (SSSR count). The second-order valence-electron chi connectivity index (χ2n) is 6.58. The number of rotatable bonds is 4. The summed E-state index contributed by atoms with van der Waals surface area (Å²) in [4.78, 5) is 14.2. The molecule has 3 nitrogen and oxygen atoms in total. The minimum absolute atomic E-state index is 0.235. The van der Waals surface area contributed by atoms with Crippen LogP contribution in [-0.2, 0) is 17.8 Å². The van der Waals surface area contributed by atoms with Gasteiger partial charge < -0.3 is 10.0 Å². The first kappa shape index (κ1) is 16.2. The van der Waals surface area contributed by atoms with Crippen LogP contribution in [0.4, 0.5) is 0 Å². The number of hydrogen-bond donors (Lipinski definition) is 1. The van der Waals surface area contributed by atoms with Gasteiger partial charge >= 0.3 is 0 Å². The van der Waals surface area contributed by atoms with E-state index < -0.39 is 0 Å². The molecule has 1 aromatic carbocycles.